The average Bonchev–Trinajstić information content (AvgIpc) is 2.83. The lowest BCUT2D eigenvalue weighted by atomic mass is 10.1. The molecule has 14 heavy (non-hydrogen) atoms. The zero-order valence-electron chi connectivity index (χ0n) is 9.03. The summed E-state index contributed by atoms with van der Waals surface area (Å²) in [7, 11) is 2.72. The first-order valence-corrected chi connectivity index (χ1v) is 6.89. The van der Waals surface area contributed by atoms with E-state index < -0.39 is 8.80 Å². The van der Waals surface area contributed by atoms with Crippen LogP contribution in [0.4, 0.5) is 0 Å². The van der Waals surface area contributed by atoms with E-state index in [1.807, 2.05) is 0 Å². The molecule has 80 valence electrons. The first-order chi connectivity index (χ1) is 6.75. The fourth-order valence-electron chi connectivity index (χ4n) is 2.89. The Morgan fingerprint density at radius 2 is 1.64 bits per heavy atom. The van der Waals surface area contributed by atoms with Crippen LogP contribution in [0, 0.1) is 11.8 Å². The summed E-state index contributed by atoms with van der Waals surface area (Å²) in [4.78, 5) is 0. The van der Waals surface area contributed by atoms with Crippen LogP contribution >= 0.6 is 0 Å². The third kappa shape index (κ3) is 1.37. The minimum Gasteiger partial charge on any atom is -0.377 e. The lowest BCUT2D eigenvalue weighted by molar-refractivity contribution is 0.107. The average molecular weight is 214 g/mol. The summed E-state index contributed by atoms with van der Waals surface area (Å²) >= 11 is 0. The molecule has 2 aliphatic rings. The third-order valence-electron chi connectivity index (χ3n) is 3.59. The van der Waals surface area contributed by atoms with Gasteiger partial charge in [-0.05, 0) is 24.7 Å². The summed E-state index contributed by atoms with van der Waals surface area (Å²) in [6, 6.07) is 0. The van der Waals surface area contributed by atoms with Crippen LogP contribution in [0.15, 0.2) is 12.2 Å². The molecule has 3 nitrogen and oxygen atoms in total. The topological polar surface area (TPSA) is 27.7 Å². The molecule has 0 aliphatic heterocycles. The highest BCUT2D eigenvalue weighted by molar-refractivity contribution is 6.62. The Morgan fingerprint density at radius 3 is 2.00 bits per heavy atom. The molecule has 0 aromatic rings. The van der Waals surface area contributed by atoms with Gasteiger partial charge in [-0.15, -0.1) is 0 Å². The molecule has 1 fully saturated rings. The summed E-state index contributed by atoms with van der Waals surface area (Å²) in [6.07, 6.45) is 7.05. The van der Waals surface area contributed by atoms with Gasteiger partial charge in [-0.2, -0.15) is 0 Å². The van der Waals surface area contributed by atoms with Gasteiger partial charge in [0.15, 0.2) is 0 Å². The summed E-state index contributed by atoms with van der Waals surface area (Å²) < 4.78 is 16.6. The second-order valence-electron chi connectivity index (χ2n) is 4.10. The predicted molar refractivity (Wildman–Crippen MR) is 55.9 cm³/mol. The van der Waals surface area contributed by atoms with Gasteiger partial charge in [-0.25, -0.2) is 0 Å². The lowest BCUT2D eigenvalue weighted by Gasteiger charge is -2.33. The Hall–Kier alpha value is -0.163. The first-order valence-electron chi connectivity index (χ1n) is 5.09. The Labute approximate surface area is 86.4 Å². The molecule has 0 N–H and O–H groups in total. The summed E-state index contributed by atoms with van der Waals surface area (Å²) in [5.41, 5.74) is 0.470. The van der Waals surface area contributed by atoms with Gasteiger partial charge in [0.25, 0.3) is 0 Å². The molecule has 0 radical (unpaired) electrons. The highest BCUT2D eigenvalue weighted by atomic mass is 28.4. The van der Waals surface area contributed by atoms with Crippen LogP contribution in [-0.2, 0) is 13.3 Å². The highest BCUT2D eigenvalue weighted by Gasteiger charge is 2.55. The van der Waals surface area contributed by atoms with E-state index in [4.69, 9.17) is 13.3 Å². The molecule has 0 aromatic carbocycles. The number of allylic oxidation sites excluding steroid dienone is 2. The SMILES string of the molecule is CO[Si](OC)(OC)C1CC2C=CC1C2. The maximum Gasteiger partial charge on any atom is 0.504 e. The minimum atomic E-state index is -2.39. The zero-order valence-corrected chi connectivity index (χ0v) is 10.0. The van der Waals surface area contributed by atoms with Gasteiger partial charge in [0, 0.05) is 26.9 Å². The Balaban J connectivity index is 2.16. The second kappa shape index (κ2) is 3.77. The van der Waals surface area contributed by atoms with E-state index in [9.17, 15) is 0 Å². The van der Waals surface area contributed by atoms with Crippen LogP contribution in [-0.4, -0.2) is 30.1 Å². The quantitative estimate of drug-likeness (QED) is 0.528. The first kappa shape index (κ1) is 10.4. The molecule has 4 heteroatoms. The van der Waals surface area contributed by atoms with Crippen LogP contribution in [0.1, 0.15) is 12.8 Å². The summed E-state index contributed by atoms with van der Waals surface area (Å²) in [6.45, 7) is 0. The number of hydrogen-bond donors (Lipinski definition) is 0. The molecule has 2 aliphatic carbocycles. The lowest BCUT2D eigenvalue weighted by Crippen LogP contribution is -2.49. The van der Waals surface area contributed by atoms with Crippen LogP contribution in [0.3, 0.4) is 0 Å². The van der Waals surface area contributed by atoms with E-state index in [0.717, 1.165) is 5.92 Å². The van der Waals surface area contributed by atoms with Crippen molar-refractivity contribution in [1.29, 1.82) is 0 Å². The second-order valence-corrected chi connectivity index (χ2v) is 7.28. The van der Waals surface area contributed by atoms with Crippen LogP contribution in [0.2, 0.25) is 5.54 Å². The zero-order chi connectivity index (χ0) is 10.2. The van der Waals surface area contributed by atoms with E-state index in [1.54, 1.807) is 21.3 Å². The van der Waals surface area contributed by atoms with Gasteiger partial charge < -0.3 is 13.3 Å². The number of fused-ring (bicyclic) bond motifs is 2. The molecule has 0 aromatic heterocycles. The maximum absolute atomic E-state index is 5.53. The van der Waals surface area contributed by atoms with Crippen LogP contribution in [0.5, 0.6) is 0 Å². The van der Waals surface area contributed by atoms with Crippen LogP contribution in [0.25, 0.3) is 0 Å². The predicted octanol–water partition coefficient (Wildman–Crippen LogP) is 1.83. The van der Waals surface area contributed by atoms with E-state index in [0.29, 0.717) is 11.5 Å². The molecule has 0 spiro atoms. The molecule has 2 bridgehead atoms. The molecule has 0 amide bonds. The highest BCUT2D eigenvalue weighted by Crippen LogP contribution is 2.51. The van der Waals surface area contributed by atoms with Gasteiger partial charge in [0.2, 0.25) is 0 Å². The van der Waals surface area contributed by atoms with Crippen molar-refractivity contribution in [3.05, 3.63) is 12.2 Å². The standard InChI is InChI=1S/C10H18O3Si/c1-11-14(12-2,13-3)10-7-8-4-5-9(10)6-8/h4-5,8-10H,6-7H2,1-3H3. The Kier molecular flexibility index (Phi) is 2.79. The number of hydrogen-bond acceptors (Lipinski definition) is 3. The molecule has 3 unspecified atom stereocenters. The molecule has 0 saturated heterocycles. The third-order valence-corrected chi connectivity index (χ3v) is 6.87. The Bertz CT molecular complexity index is 229. The molecule has 1 saturated carbocycles. The van der Waals surface area contributed by atoms with Gasteiger partial charge in [-0.1, -0.05) is 12.2 Å². The van der Waals surface area contributed by atoms with Crippen molar-refractivity contribution in [2.45, 2.75) is 18.4 Å². The van der Waals surface area contributed by atoms with Crippen molar-refractivity contribution in [3.63, 3.8) is 0 Å². The maximum atomic E-state index is 5.53. The number of rotatable bonds is 4. The summed E-state index contributed by atoms with van der Waals surface area (Å²) in [5, 5.41) is 0. The van der Waals surface area contributed by atoms with Gasteiger partial charge in [0.05, 0.1) is 0 Å². The Morgan fingerprint density at radius 1 is 1.00 bits per heavy atom. The van der Waals surface area contributed by atoms with Gasteiger partial charge >= 0.3 is 8.80 Å². The van der Waals surface area contributed by atoms with Crippen molar-refractivity contribution in [3.8, 4) is 0 Å². The van der Waals surface area contributed by atoms with Gasteiger partial charge in [0.1, 0.15) is 0 Å². The molecular weight excluding hydrogens is 196 g/mol. The smallest absolute Gasteiger partial charge is 0.377 e. The fraction of sp³-hybridized carbons (Fsp3) is 0.800. The normalized spacial score (nSPS) is 35.5. The van der Waals surface area contributed by atoms with Crippen LogP contribution < -0.4 is 0 Å². The fourth-order valence-corrected chi connectivity index (χ4v) is 5.66. The van der Waals surface area contributed by atoms with Crippen molar-refractivity contribution in [2.75, 3.05) is 21.3 Å². The largest absolute Gasteiger partial charge is 0.504 e. The monoisotopic (exact) mass is 214 g/mol. The van der Waals surface area contributed by atoms with Crippen molar-refractivity contribution >= 4 is 8.80 Å². The van der Waals surface area contributed by atoms with Gasteiger partial charge in [-0.3, -0.25) is 0 Å². The molecule has 0 heterocycles. The molecule has 2 rings (SSSR count). The van der Waals surface area contributed by atoms with Crippen molar-refractivity contribution in [1.82, 2.24) is 0 Å². The summed E-state index contributed by atoms with van der Waals surface area (Å²) in [5.74, 6) is 1.35. The van der Waals surface area contributed by atoms with E-state index in [2.05, 4.69) is 12.2 Å². The van der Waals surface area contributed by atoms with Crippen molar-refractivity contribution < 1.29 is 13.3 Å². The molecule has 3 atom stereocenters. The van der Waals surface area contributed by atoms with E-state index in [-0.39, 0.29) is 0 Å². The van der Waals surface area contributed by atoms with E-state index in [1.165, 1.54) is 12.8 Å². The molecular formula is C10H18O3Si. The van der Waals surface area contributed by atoms with E-state index >= 15 is 0 Å². The van der Waals surface area contributed by atoms with Crippen molar-refractivity contribution in [2.24, 2.45) is 11.8 Å². The minimum absolute atomic E-state index is 0.470.